The third-order valence-corrected chi connectivity index (χ3v) is 6.54. The van der Waals surface area contributed by atoms with E-state index >= 15 is 0 Å². The number of carbonyl (C=O) groups is 1. The third-order valence-electron chi connectivity index (χ3n) is 6.54. The topological polar surface area (TPSA) is 55.8 Å². The van der Waals surface area contributed by atoms with Crippen LogP contribution in [-0.4, -0.2) is 29.2 Å². The van der Waals surface area contributed by atoms with Crippen molar-refractivity contribution in [3.63, 3.8) is 0 Å². The van der Waals surface area contributed by atoms with Crippen molar-refractivity contribution in [2.24, 2.45) is 0 Å². The molecule has 0 aromatic heterocycles. The lowest BCUT2D eigenvalue weighted by molar-refractivity contribution is -0.164. The quantitative estimate of drug-likeness (QED) is 0.652. The van der Waals surface area contributed by atoms with E-state index in [2.05, 4.69) is 0 Å². The van der Waals surface area contributed by atoms with Gasteiger partial charge in [0.1, 0.15) is 17.0 Å². The van der Waals surface area contributed by atoms with Crippen LogP contribution in [0, 0.1) is 5.82 Å². The van der Waals surface area contributed by atoms with Gasteiger partial charge in [-0.05, 0) is 80.3 Å². The summed E-state index contributed by atoms with van der Waals surface area (Å²) < 4.78 is 25.1. The first-order chi connectivity index (χ1) is 14.7. The van der Waals surface area contributed by atoms with Gasteiger partial charge >= 0.3 is 0 Å². The second-order valence-corrected chi connectivity index (χ2v) is 8.94. The van der Waals surface area contributed by atoms with Gasteiger partial charge in [0, 0.05) is 0 Å². The fraction of sp³-hybridized carbons (Fsp3) is 0.423. The fourth-order valence-electron chi connectivity index (χ4n) is 4.90. The summed E-state index contributed by atoms with van der Waals surface area (Å²) in [6.45, 7) is 5.59. The monoisotopic (exact) mass is 424 g/mol. The van der Waals surface area contributed by atoms with Crippen molar-refractivity contribution >= 4 is 11.4 Å². The van der Waals surface area contributed by atoms with Gasteiger partial charge in [-0.2, -0.15) is 0 Å². The van der Waals surface area contributed by atoms with Crippen LogP contribution >= 0.6 is 0 Å². The van der Waals surface area contributed by atoms with Crippen molar-refractivity contribution in [3.05, 3.63) is 59.1 Å². The van der Waals surface area contributed by atoms with Gasteiger partial charge < -0.3 is 14.6 Å². The molecule has 5 heteroatoms. The maximum atomic E-state index is 13.8. The highest BCUT2D eigenvalue weighted by Crippen LogP contribution is 2.49. The Morgan fingerprint density at radius 1 is 1.10 bits per heavy atom. The van der Waals surface area contributed by atoms with Gasteiger partial charge in [-0.25, -0.2) is 4.39 Å². The molecule has 1 fully saturated rings. The molecule has 1 spiro atoms. The number of ketones is 1. The summed E-state index contributed by atoms with van der Waals surface area (Å²) >= 11 is 0. The summed E-state index contributed by atoms with van der Waals surface area (Å²) in [4.78, 5) is 13.3. The summed E-state index contributed by atoms with van der Waals surface area (Å²) in [5, 5.41) is 11.3. The van der Waals surface area contributed by atoms with Crippen LogP contribution in [0.5, 0.6) is 5.75 Å². The average Bonchev–Trinajstić information content (AvgIpc) is 3.22. The molecule has 2 aromatic carbocycles. The Kier molecular flexibility index (Phi) is 5.42. The number of aliphatic hydroxyl groups excluding tert-OH is 1. The van der Waals surface area contributed by atoms with Crippen LogP contribution in [0.1, 0.15) is 57.6 Å². The molecule has 0 unspecified atom stereocenters. The Bertz CT molecular complexity index is 1060. The number of aryl methyl sites for hydroxylation is 1. The highest BCUT2D eigenvalue weighted by Gasteiger charge is 2.53. The van der Waals surface area contributed by atoms with E-state index in [1.807, 2.05) is 25.1 Å². The van der Waals surface area contributed by atoms with Crippen LogP contribution < -0.4 is 4.74 Å². The molecule has 0 radical (unpaired) electrons. The van der Waals surface area contributed by atoms with Gasteiger partial charge in [-0.1, -0.05) is 31.2 Å². The summed E-state index contributed by atoms with van der Waals surface area (Å²) in [6.07, 6.45) is 4.04. The molecule has 1 aliphatic carbocycles. The maximum Gasteiger partial charge on any atom is 0.198 e. The Balaban J connectivity index is 1.85. The zero-order valence-electron chi connectivity index (χ0n) is 18.5. The van der Waals surface area contributed by atoms with Gasteiger partial charge in [0.05, 0.1) is 12.7 Å². The number of aliphatic hydroxyl groups is 1. The van der Waals surface area contributed by atoms with Crippen molar-refractivity contribution < 1.29 is 23.8 Å². The summed E-state index contributed by atoms with van der Waals surface area (Å²) in [5.74, 6) is -0.358. The molecule has 4 rings (SSSR count). The summed E-state index contributed by atoms with van der Waals surface area (Å²) in [6, 6.07) is 10.5. The van der Waals surface area contributed by atoms with E-state index in [0.717, 1.165) is 35.1 Å². The van der Waals surface area contributed by atoms with E-state index in [4.69, 9.17) is 9.47 Å². The van der Waals surface area contributed by atoms with Gasteiger partial charge in [-0.3, -0.25) is 4.79 Å². The van der Waals surface area contributed by atoms with Crippen LogP contribution in [-0.2, 0) is 16.0 Å². The van der Waals surface area contributed by atoms with Gasteiger partial charge in [-0.15, -0.1) is 0 Å². The van der Waals surface area contributed by atoms with E-state index in [1.54, 1.807) is 26.0 Å². The van der Waals surface area contributed by atoms with Gasteiger partial charge in [0.15, 0.2) is 17.3 Å². The molecule has 164 valence electrons. The van der Waals surface area contributed by atoms with Crippen molar-refractivity contribution in [1.82, 2.24) is 0 Å². The normalized spacial score (nSPS) is 19.8. The Morgan fingerprint density at radius 3 is 2.39 bits per heavy atom. The molecule has 2 aliphatic rings. The third kappa shape index (κ3) is 3.55. The maximum absolute atomic E-state index is 13.8. The average molecular weight is 425 g/mol. The number of carbonyl (C=O) groups excluding carboxylic acids is 1. The van der Waals surface area contributed by atoms with Gasteiger partial charge in [0.25, 0.3) is 0 Å². The van der Waals surface area contributed by atoms with E-state index in [1.165, 1.54) is 13.2 Å². The molecule has 1 saturated carbocycles. The van der Waals surface area contributed by atoms with Crippen LogP contribution in [0.25, 0.3) is 16.7 Å². The minimum absolute atomic E-state index is 0.0697. The highest BCUT2D eigenvalue weighted by atomic mass is 19.1. The number of ether oxygens (including phenoxy) is 2. The van der Waals surface area contributed by atoms with Gasteiger partial charge in [0.2, 0.25) is 0 Å². The summed E-state index contributed by atoms with van der Waals surface area (Å²) in [7, 11) is 1.44. The number of methoxy groups -OCH3 is 1. The lowest BCUT2D eigenvalue weighted by atomic mass is 9.79. The second kappa shape index (κ2) is 7.79. The molecular weight excluding hydrogens is 395 g/mol. The van der Waals surface area contributed by atoms with Crippen molar-refractivity contribution in [2.45, 2.75) is 64.1 Å². The molecule has 0 atom stereocenters. The predicted molar refractivity (Wildman–Crippen MR) is 119 cm³/mol. The first-order valence-electron chi connectivity index (χ1n) is 10.9. The highest BCUT2D eigenvalue weighted by molar-refractivity contribution is 6.26. The lowest BCUT2D eigenvalue weighted by Crippen LogP contribution is -2.51. The Labute approximate surface area is 182 Å². The standard InChI is InChI=1S/C26H29FO4/c1-5-16-14-17(18-9-11-20(27)21(15-18)30-4)8-10-19(16)22-23(28)25(2,3)31-26(24(22)29)12-6-7-13-26/h8-11,14-15,29H,5-7,12-13H2,1-4H3. The van der Waals surface area contributed by atoms with E-state index < -0.39 is 17.0 Å². The fourth-order valence-corrected chi connectivity index (χ4v) is 4.90. The largest absolute Gasteiger partial charge is 0.508 e. The van der Waals surface area contributed by atoms with Crippen LogP contribution in [0.2, 0.25) is 0 Å². The molecule has 0 bridgehead atoms. The Morgan fingerprint density at radius 2 is 1.74 bits per heavy atom. The first kappa shape index (κ1) is 21.6. The lowest BCUT2D eigenvalue weighted by Gasteiger charge is -2.42. The zero-order valence-corrected chi connectivity index (χ0v) is 18.5. The molecular formula is C26H29FO4. The van der Waals surface area contributed by atoms with E-state index in [9.17, 15) is 14.3 Å². The van der Waals surface area contributed by atoms with Crippen LogP contribution in [0.15, 0.2) is 42.2 Å². The minimum Gasteiger partial charge on any atom is -0.508 e. The summed E-state index contributed by atoms with van der Waals surface area (Å²) in [5.41, 5.74) is 2.00. The van der Waals surface area contributed by atoms with Crippen molar-refractivity contribution in [3.8, 4) is 16.9 Å². The molecule has 31 heavy (non-hydrogen) atoms. The number of Topliss-reactive ketones (excluding diaryl/α,β-unsaturated/α-hetero) is 1. The molecule has 4 nitrogen and oxygen atoms in total. The van der Waals surface area contributed by atoms with Crippen molar-refractivity contribution in [2.75, 3.05) is 7.11 Å². The SMILES string of the molecule is CCc1cc(-c2ccc(F)c(OC)c2)ccc1C1=C(O)C2(CCCC2)OC(C)(C)C1=O. The molecule has 0 saturated heterocycles. The second-order valence-electron chi connectivity index (χ2n) is 8.94. The number of benzene rings is 2. The number of halogens is 1. The number of rotatable bonds is 4. The van der Waals surface area contributed by atoms with E-state index in [-0.39, 0.29) is 17.3 Å². The van der Waals surface area contributed by atoms with Crippen LogP contribution in [0.3, 0.4) is 0 Å². The zero-order chi connectivity index (χ0) is 22.4. The van der Waals surface area contributed by atoms with Crippen molar-refractivity contribution in [1.29, 1.82) is 0 Å². The smallest absolute Gasteiger partial charge is 0.198 e. The number of hydrogen-bond acceptors (Lipinski definition) is 4. The predicted octanol–water partition coefficient (Wildman–Crippen LogP) is 6.02. The molecule has 0 amide bonds. The number of hydrogen-bond donors (Lipinski definition) is 1. The van der Waals surface area contributed by atoms with Crippen LogP contribution in [0.4, 0.5) is 4.39 Å². The van der Waals surface area contributed by atoms with E-state index in [0.29, 0.717) is 24.8 Å². The molecule has 1 N–H and O–H groups in total. The molecule has 1 heterocycles. The molecule has 1 aliphatic heterocycles. The Hall–Kier alpha value is -2.66. The minimum atomic E-state index is -1.00. The molecule has 2 aromatic rings. The first-order valence-corrected chi connectivity index (χ1v) is 10.9.